The Morgan fingerprint density at radius 3 is 2.08 bits per heavy atom. The molecule has 0 aromatic heterocycles. The monoisotopic (exact) mass is 201 g/mol. The molecule has 1 saturated carbocycles. The predicted octanol–water partition coefficient (Wildman–Crippen LogP) is 2.74. The fraction of sp³-hybridized carbons (Fsp3) is 1.00. The van der Waals surface area contributed by atoms with Gasteiger partial charge < -0.3 is 8.85 Å². The van der Waals surface area contributed by atoms with Gasteiger partial charge in [-0.3, -0.25) is 0 Å². The summed E-state index contributed by atoms with van der Waals surface area (Å²) in [5.74, 6) is 0. The molecule has 1 fully saturated rings. The molecule has 1 aliphatic carbocycles. The molecule has 0 amide bonds. The van der Waals surface area contributed by atoms with Gasteiger partial charge in [0.15, 0.2) is 0 Å². The SMILES string of the molecule is CO[Si](CC1(C)CCCCC1)OC. The maximum absolute atomic E-state index is 5.35. The quantitative estimate of drug-likeness (QED) is 0.651. The summed E-state index contributed by atoms with van der Waals surface area (Å²) in [4.78, 5) is 0. The van der Waals surface area contributed by atoms with E-state index in [1.54, 1.807) is 14.2 Å². The second-order valence-electron chi connectivity index (χ2n) is 4.33. The summed E-state index contributed by atoms with van der Waals surface area (Å²) in [6.07, 6.45) is 6.90. The largest absolute Gasteiger partial charge is 0.397 e. The Labute approximate surface area is 83.5 Å². The molecule has 0 unspecified atom stereocenters. The van der Waals surface area contributed by atoms with E-state index in [1.807, 2.05) is 0 Å². The van der Waals surface area contributed by atoms with Crippen LogP contribution in [0, 0.1) is 5.41 Å². The third-order valence-electron chi connectivity index (χ3n) is 3.09. The lowest BCUT2D eigenvalue weighted by atomic mass is 9.77. The molecule has 3 heteroatoms. The molecule has 0 N–H and O–H groups in total. The zero-order valence-electron chi connectivity index (χ0n) is 9.06. The van der Waals surface area contributed by atoms with E-state index in [0.717, 1.165) is 6.04 Å². The summed E-state index contributed by atoms with van der Waals surface area (Å²) in [5.41, 5.74) is 0.499. The number of rotatable bonds is 4. The molecule has 0 aliphatic heterocycles. The topological polar surface area (TPSA) is 18.5 Å². The van der Waals surface area contributed by atoms with Crippen molar-refractivity contribution < 1.29 is 8.85 Å². The van der Waals surface area contributed by atoms with Gasteiger partial charge in [0.25, 0.3) is 0 Å². The van der Waals surface area contributed by atoms with Crippen LogP contribution in [0.4, 0.5) is 0 Å². The van der Waals surface area contributed by atoms with Gasteiger partial charge in [0.1, 0.15) is 0 Å². The van der Waals surface area contributed by atoms with Gasteiger partial charge in [-0.05, 0) is 24.3 Å². The van der Waals surface area contributed by atoms with Gasteiger partial charge in [-0.15, -0.1) is 0 Å². The van der Waals surface area contributed by atoms with Crippen LogP contribution in [-0.4, -0.2) is 23.5 Å². The average molecular weight is 201 g/mol. The summed E-state index contributed by atoms with van der Waals surface area (Å²) in [6, 6.07) is 1.14. The maximum atomic E-state index is 5.35. The Morgan fingerprint density at radius 2 is 1.62 bits per heavy atom. The molecule has 0 spiro atoms. The summed E-state index contributed by atoms with van der Waals surface area (Å²) >= 11 is 0. The van der Waals surface area contributed by atoms with E-state index in [0.29, 0.717) is 5.41 Å². The van der Waals surface area contributed by atoms with E-state index in [2.05, 4.69) is 6.92 Å². The van der Waals surface area contributed by atoms with Crippen LogP contribution in [0.25, 0.3) is 0 Å². The minimum Gasteiger partial charge on any atom is -0.397 e. The molecule has 77 valence electrons. The standard InChI is InChI=1S/C10H21O2Si/c1-10(7-5-4-6-8-10)9-13(11-2)12-3/h4-9H2,1-3H3. The first-order valence-electron chi connectivity index (χ1n) is 5.14. The van der Waals surface area contributed by atoms with Crippen molar-refractivity contribution >= 4 is 9.28 Å². The third kappa shape index (κ3) is 3.41. The van der Waals surface area contributed by atoms with Gasteiger partial charge >= 0.3 is 9.28 Å². The van der Waals surface area contributed by atoms with E-state index in [9.17, 15) is 0 Å². The smallest absolute Gasteiger partial charge is 0.384 e. The Hall–Kier alpha value is 0.137. The lowest BCUT2D eigenvalue weighted by Gasteiger charge is -2.34. The zero-order chi connectivity index (χ0) is 9.73. The minimum atomic E-state index is -0.980. The van der Waals surface area contributed by atoms with Gasteiger partial charge in [0, 0.05) is 14.2 Å². The van der Waals surface area contributed by atoms with E-state index in [-0.39, 0.29) is 0 Å². The fourth-order valence-corrected chi connectivity index (χ4v) is 3.66. The lowest BCUT2D eigenvalue weighted by molar-refractivity contribution is 0.203. The number of hydrogen-bond donors (Lipinski definition) is 0. The van der Waals surface area contributed by atoms with Gasteiger partial charge in [-0.1, -0.05) is 26.2 Å². The van der Waals surface area contributed by atoms with Crippen LogP contribution in [0.5, 0.6) is 0 Å². The summed E-state index contributed by atoms with van der Waals surface area (Å²) in [6.45, 7) is 2.38. The molecule has 1 radical (unpaired) electrons. The van der Waals surface area contributed by atoms with E-state index in [4.69, 9.17) is 8.85 Å². The third-order valence-corrected chi connectivity index (χ3v) is 5.14. The molecule has 0 heterocycles. The zero-order valence-corrected chi connectivity index (χ0v) is 10.1. The van der Waals surface area contributed by atoms with Crippen molar-refractivity contribution in [1.82, 2.24) is 0 Å². The van der Waals surface area contributed by atoms with Crippen molar-refractivity contribution in [3.05, 3.63) is 0 Å². The van der Waals surface area contributed by atoms with Gasteiger partial charge in [-0.25, -0.2) is 0 Å². The molecule has 0 aromatic rings. The van der Waals surface area contributed by atoms with Crippen LogP contribution in [0.1, 0.15) is 39.0 Å². The average Bonchev–Trinajstić information content (AvgIpc) is 2.15. The van der Waals surface area contributed by atoms with Crippen molar-refractivity contribution in [2.24, 2.45) is 5.41 Å². The van der Waals surface area contributed by atoms with Crippen molar-refractivity contribution in [3.63, 3.8) is 0 Å². The van der Waals surface area contributed by atoms with Crippen LogP contribution in [-0.2, 0) is 8.85 Å². The van der Waals surface area contributed by atoms with E-state index in [1.165, 1.54) is 32.1 Å². The van der Waals surface area contributed by atoms with Crippen LogP contribution >= 0.6 is 0 Å². The Morgan fingerprint density at radius 1 is 1.08 bits per heavy atom. The Bertz CT molecular complexity index is 140. The molecule has 0 atom stereocenters. The van der Waals surface area contributed by atoms with E-state index < -0.39 is 9.28 Å². The molecule has 1 rings (SSSR count). The van der Waals surface area contributed by atoms with Gasteiger partial charge in [-0.2, -0.15) is 0 Å². The highest BCUT2D eigenvalue weighted by molar-refractivity contribution is 6.44. The van der Waals surface area contributed by atoms with Gasteiger partial charge in [0.05, 0.1) is 0 Å². The van der Waals surface area contributed by atoms with E-state index >= 15 is 0 Å². The fourth-order valence-electron chi connectivity index (χ4n) is 2.16. The summed E-state index contributed by atoms with van der Waals surface area (Å²) in [7, 11) is 2.56. The second kappa shape index (κ2) is 5.13. The first-order valence-corrected chi connectivity index (χ1v) is 6.66. The first kappa shape index (κ1) is 11.2. The van der Waals surface area contributed by atoms with Crippen LogP contribution in [0.15, 0.2) is 0 Å². The molecular formula is C10H21O2Si. The molecule has 0 saturated heterocycles. The highest BCUT2D eigenvalue weighted by atomic mass is 28.3. The maximum Gasteiger partial charge on any atom is 0.384 e. The van der Waals surface area contributed by atoms with Crippen molar-refractivity contribution in [3.8, 4) is 0 Å². The molecule has 13 heavy (non-hydrogen) atoms. The lowest BCUT2D eigenvalue weighted by Crippen LogP contribution is -2.30. The van der Waals surface area contributed by atoms with Crippen LogP contribution in [0.3, 0.4) is 0 Å². The van der Waals surface area contributed by atoms with Crippen LogP contribution < -0.4 is 0 Å². The molecular weight excluding hydrogens is 180 g/mol. The first-order chi connectivity index (χ1) is 6.20. The minimum absolute atomic E-state index is 0.499. The molecule has 0 aromatic carbocycles. The summed E-state index contributed by atoms with van der Waals surface area (Å²) < 4.78 is 10.7. The second-order valence-corrected chi connectivity index (χ2v) is 6.24. The van der Waals surface area contributed by atoms with Gasteiger partial charge in [0.2, 0.25) is 0 Å². The van der Waals surface area contributed by atoms with Crippen molar-refractivity contribution in [2.45, 2.75) is 45.1 Å². The van der Waals surface area contributed by atoms with Crippen molar-refractivity contribution in [2.75, 3.05) is 14.2 Å². The number of hydrogen-bond acceptors (Lipinski definition) is 2. The van der Waals surface area contributed by atoms with Crippen LogP contribution in [0.2, 0.25) is 6.04 Å². The molecule has 2 nitrogen and oxygen atoms in total. The molecule has 0 bridgehead atoms. The highest BCUT2D eigenvalue weighted by Crippen LogP contribution is 2.40. The van der Waals surface area contributed by atoms with Crippen molar-refractivity contribution in [1.29, 1.82) is 0 Å². The summed E-state index contributed by atoms with van der Waals surface area (Å²) in [5, 5.41) is 0. The normalized spacial score (nSPS) is 22.2. The predicted molar refractivity (Wildman–Crippen MR) is 55.8 cm³/mol. The molecule has 1 aliphatic rings. The Balaban J connectivity index is 2.39. The highest BCUT2D eigenvalue weighted by Gasteiger charge is 2.32. The Kier molecular flexibility index (Phi) is 4.42.